The van der Waals surface area contributed by atoms with E-state index in [-0.39, 0.29) is 17.4 Å². The molecule has 0 aliphatic heterocycles. The molecule has 20 heavy (non-hydrogen) atoms. The molecule has 3 aromatic rings. The highest BCUT2D eigenvalue weighted by molar-refractivity contribution is 6.01. The Kier molecular flexibility index (Phi) is 2.87. The number of benzene rings is 1. The van der Waals surface area contributed by atoms with Crippen LogP contribution in [-0.2, 0) is 0 Å². The summed E-state index contributed by atoms with van der Waals surface area (Å²) in [7, 11) is 1.44. The molecule has 100 valence electrons. The molecule has 0 fully saturated rings. The van der Waals surface area contributed by atoms with Gasteiger partial charge in [0.15, 0.2) is 11.5 Å². The quantitative estimate of drug-likeness (QED) is 0.775. The molecule has 2 aromatic heterocycles. The monoisotopic (exact) mass is 268 g/mol. The number of hydrogen-bond donors (Lipinski definition) is 1. The lowest BCUT2D eigenvalue weighted by atomic mass is 10.2. The Morgan fingerprint density at radius 2 is 2.15 bits per heavy atom. The molecule has 3 rings (SSSR count). The molecule has 2 heterocycles. The zero-order chi connectivity index (χ0) is 14.1. The number of rotatable bonds is 2. The van der Waals surface area contributed by atoms with E-state index in [1.165, 1.54) is 23.8 Å². The Balaban J connectivity index is 2.08. The molecule has 0 bridgehead atoms. The average Bonchev–Trinajstić information content (AvgIpc) is 2.91. The normalized spacial score (nSPS) is 10.7. The molecule has 0 saturated carbocycles. The Morgan fingerprint density at radius 1 is 1.30 bits per heavy atom. The standard InChI is InChI=1S/C15H12N2O3/c1-20-13-9-11(4-5-12(13)18)15(19)17-8-6-10-3-2-7-16-14(10)17/h2-9,18H,1H3. The van der Waals surface area contributed by atoms with Gasteiger partial charge in [0.25, 0.3) is 5.91 Å². The number of phenolic OH excluding ortho intramolecular Hbond substituents is 1. The summed E-state index contributed by atoms with van der Waals surface area (Å²) < 4.78 is 6.49. The number of aromatic nitrogens is 2. The van der Waals surface area contributed by atoms with Gasteiger partial charge in [-0.25, -0.2) is 4.98 Å². The van der Waals surface area contributed by atoms with Crippen molar-refractivity contribution in [1.29, 1.82) is 0 Å². The van der Waals surface area contributed by atoms with E-state index in [0.29, 0.717) is 11.2 Å². The van der Waals surface area contributed by atoms with Crippen LogP contribution in [0.1, 0.15) is 10.4 Å². The molecule has 0 aliphatic rings. The van der Waals surface area contributed by atoms with E-state index in [1.54, 1.807) is 18.5 Å². The van der Waals surface area contributed by atoms with Gasteiger partial charge in [0, 0.05) is 23.3 Å². The third kappa shape index (κ3) is 1.89. The Bertz CT molecular complexity index is 793. The molecular weight excluding hydrogens is 256 g/mol. The van der Waals surface area contributed by atoms with Gasteiger partial charge in [-0.15, -0.1) is 0 Å². The van der Waals surface area contributed by atoms with Gasteiger partial charge in [0.2, 0.25) is 0 Å². The third-order valence-electron chi connectivity index (χ3n) is 3.09. The largest absolute Gasteiger partial charge is 0.504 e. The number of fused-ring (bicyclic) bond motifs is 1. The molecule has 0 aliphatic carbocycles. The molecule has 1 N–H and O–H groups in total. The number of pyridine rings is 1. The van der Waals surface area contributed by atoms with E-state index in [2.05, 4.69) is 4.98 Å². The van der Waals surface area contributed by atoms with Crippen LogP contribution in [0.5, 0.6) is 11.5 Å². The summed E-state index contributed by atoms with van der Waals surface area (Å²) >= 11 is 0. The van der Waals surface area contributed by atoms with Crippen LogP contribution in [0.4, 0.5) is 0 Å². The highest BCUT2D eigenvalue weighted by atomic mass is 16.5. The fourth-order valence-corrected chi connectivity index (χ4v) is 2.08. The minimum atomic E-state index is -0.225. The summed E-state index contributed by atoms with van der Waals surface area (Å²) in [5.74, 6) is 0.0387. The second-order valence-electron chi connectivity index (χ2n) is 4.29. The van der Waals surface area contributed by atoms with Gasteiger partial charge in [0.1, 0.15) is 5.65 Å². The number of carbonyl (C=O) groups excluding carboxylic acids is 1. The van der Waals surface area contributed by atoms with Crippen molar-refractivity contribution < 1.29 is 14.6 Å². The zero-order valence-corrected chi connectivity index (χ0v) is 10.8. The molecule has 0 spiro atoms. The lowest BCUT2D eigenvalue weighted by molar-refractivity contribution is 0.0964. The number of carbonyl (C=O) groups is 1. The van der Waals surface area contributed by atoms with E-state index in [4.69, 9.17) is 4.74 Å². The van der Waals surface area contributed by atoms with Gasteiger partial charge in [-0.3, -0.25) is 9.36 Å². The van der Waals surface area contributed by atoms with Crippen LogP contribution in [0.15, 0.2) is 48.8 Å². The SMILES string of the molecule is COc1cc(C(=O)n2ccc3cccnc32)ccc1O. The highest BCUT2D eigenvalue weighted by Crippen LogP contribution is 2.27. The first-order valence-electron chi connectivity index (χ1n) is 6.04. The summed E-state index contributed by atoms with van der Waals surface area (Å²) in [6.45, 7) is 0. The molecule has 5 heteroatoms. The first kappa shape index (κ1) is 12.2. The number of methoxy groups -OCH3 is 1. The molecule has 0 unspecified atom stereocenters. The first-order chi connectivity index (χ1) is 9.70. The van der Waals surface area contributed by atoms with Crippen LogP contribution in [0.25, 0.3) is 11.0 Å². The predicted octanol–water partition coefficient (Wildman–Crippen LogP) is 2.44. The van der Waals surface area contributed by atoms with Crippen molar-refractivity contribution >= 4 is 16.9 Å². The van der Waals surface area contributed by atoms with Gasteiger partial charge in [0.05, 0.1) is 7.11 Å². The fraction of sp³-hybridized carbons (Fsp3) is 0.0667. The molecular formula is C15H12N2O3. The van der Waals surface area contributed by atoms with Crippen molar-refractivity contribution in [2.75, 3.05) is 7.11 Å². The van der Waals surface area contributed by atoms with Crippen molar-refractivity contribution in [3.05, 3.63) is 54.4 Å². The number of aromatic hydroxyl groups is 1. The Morgan fingerprint density at radius 3 is 2.95 bits per heavy atom. The third-order valence-corrected chi connectivity index (χ3v) is 3.09. The van der Waals surface area contributed by atoms with E-state index in [9.17, 15) is 9.90 Å². The number of phenols is 1. The molecule has 0 radical (unpaired) electrons. The Hall–Kier alpha value is -2.82. The van der Waals surface area contributed by atoms with Gasteiger partial charge in [-0.05, 0) is 36.4 Å². The Labute approximate surface area is 115 Å². The summed E-state index contributed by atoms with van der Waals surface area (Å²) in [5, 5.41) is 10.5. The maximum absolute atomic E-state index is 12.5. The van der Waals surface area contributed by atoms with Crippen molar-refractivity contribution in [3.63, 3.8) is 0 Å². The van der Waals surface area contributed by atoms with Gasteiger partial charge in [-0.2, -0.15) is 0 Å². The van der Waals surface area contributed by atoms with Crippen LogP contribution >= 0.6 is 0 Å². The molecule has 0 atom stereocenters. The number of ether oxygens (including phenoxy) is 1. The smallest absolute Gasteiger partial charge is 0.263 e. The summed E-state index contributed by atoms with van der Waals surface area (Å²) in [6, 6.07) is 10.0. The van der Waals surface area contributed by atoms with Crippen molar-refractivity contribution in [2.24, 2.45) is 0 Å². The van der Waals surface area contributed by atoms with Crippen molar-refractivity contribution in [2.45, 2.75) is 0 Å². The minimum absolute atomic E-state index is 0.000427. The van der Waals surface area contributed by atoms with E-state index in [1.807, 2.05) is 18.2 Å². The first-order valence-corrected chi connectivity index (χ1v) is 6.04. The van der Waals surface area contributed by atoms with Gasteiger partial charge in [-0.1, -0.05) is 0 Å². The molecule has 0 amide bonds. The summed E-state index contributed by atoms with van der Waals surface area (Å²) in [6.07, 6.45) is 3.32. The van der Waals surface area contributed by atoms with Crippen LogP contribution in [-0.4, -0.2) is 27.7 Å². The number of nitrogens with zero attached hydrogens (tertiary/aromatic N) is 2. The van der Waals surface area contributed by atoms with Crippen molar-refractivity contribution in [3.8, 4) is 11.5 Å². The maximum atomic E-state index is 12.5. The average molecular weight is 268 g/mol. The van der Waals surface area contributed by atoms with Crippen LogP contribution in [0, 0.1) is 0 Å². The highest BCUT2D eigenvalue weighted by Gasteiger charge is 2.14. The van der Waals surface area contributed by atoms with Crippen LogP contribution in [0.2, 0.25) is 0 Å². The van der Waals surface area contributed by atoms with E-state index >= 15 is 0 Å². The molecule has 1 aromatic carbocycles. The van der Waals surface area contributed by atoms with Gasteiger partial charge >= 0.3 is 0 Å². The van der Waals surface area contributed by atoms with E-state index < -0.39 is 0 Å². The van der Waals surface area contributed by atoms with Crippen LogP contribution < -0.4 is 4.74 Å². The molecule has 0 saturated heterocycles. The maximum Gasteiger partial charge on any atom is 0.263 e. The van der Waals surface area contributed by atoms with Gasteiger partial charge < -0.3 is 9.84 Å². The summed E-state index contributed by atoms with van der Waals surface area (Å²) in [5.41, 5.74) is 1.02. The van der Waals surface area contributed by atoms with Crippen LogP contribution in [0.3, 0.4) is 0 Å². The predicted molar refractivity (Wildman–Crippen MR) is 74.1 cm³/mol. The lowest BCUT2D eigenvalue weighted by Gasteiger charge is -2.07. The minimum Gasteiger partial charge on any atom is -0.504 e. The lowest BCUT2D eigenvalue weighted by Crippen LogP contribution is -2.11. The second-order valence-corrected chi connectivity index (χ2v) is 4.29. The molecule has 5 nitrogen and oxygen atoms in total. The fourth-order valence-electron chi connectivity index (χ4n) is 2.08. The second kappa shape index (κ2) is 4.70. The van der Waals surface area contributed by atoms with E-state index in [0.717, 1.165) is 5.39 Å². The van der Waals surface area contributed by atoms with Crippen molar-refractivity contribution in [1.82, 2.24) is 9.55 Å². The summed E-state index contributed by atoms with van der Waals surface area (Å²) in [4.78, 5) is 16.7. The topological polar surface area (TPSA) is 64.4 Å². The zero-order valence-electron chi connectivity index (χ0n) is 10.8. The number of hydrogen-bond acceptors (Lipinski definition) is 4.